The molecule has 7 heteroatoms. The number of likely N-dealkylation sites (tertiary alicyclic amines) is 1. The van der Waals surface area contributed by atoms with Gasteiger partial charge in [0.1, 0.15) is 11.6 Å². The molecule has 3 aromatic rings. The van der Waals surface area contributed by atoms with Crippen LogP contribution in [0.15, 0.2) is 30.6 Å². The van der Waals surface area contributed by atoms with Crippen molar-refractivity contribution < 1.29 is 9.18 Å². The largest absolute Gasteiger partial charge is 0.328 e. The monoisotopic (exact) mass is 449 g/mol. The number of rotatable bonds is 6. The van der Waals surface area contributed by atoms with Crippen molar-refractivity contribution in [1.29, 1.82) is 0 Å². The SMILES string of the molecule is CC(C)CN1CCC(F)(C(=O)Cc2ncc3ccc(-c4cnc5n4CCCC5)cc3n2)CC1. The highest BCUT2D eigenvalue weighted by atomic mass is 19.1. The van der Waals surface area contributed by atoms with E-state index in [0.717, 1.165) is 47.5 Å². The Hall–Kier alpha value is -2.67. The summed E-state index contributed by atoms with van der Waals surface area (Å²) in [6, 6.07) is 6.09. The minimum Gasteiger partial charge on any atom is -0.328 e. The summed E-state index contributed by atoms with van der Waals surface area (Å²) in [6.45, 7) is 7.50. The van der Waals surface area contributed by atoms with Gasteiger partial charge in [-0.1, -0.05) is 26.0 Å². The Morgan fingerprint density at radius 3 is 2.73 bits per heavy atom. The number of ketones is 1. The topological polar surface area (TPSA) is 63.9 Å². The van der Waals surface area contributed by atoms with Crippen molar-refractivity contribution in [1.82, 2.24) is 24.4 Å². The molecule has 0 radical (unpaired) electrons. The molecule has 2 aromatic heterocycles. The fourth-order valence-corrected chi connectivity index (χ4v) is 5.14. The number of aromatic nitrogens is 4. The minimum absolute atomic E-state index is 0.0665. The number of hydrogen-bond donors (Lipinski definition) is 0. The molecule has 0 amide bonds. The number of carbonyl (C=O) groups excluding carboxylic acids is 1. The van der Waals surface area contributed by atoms with E-state index in [-0.39, 0.29) is 19.3 Å². The summed E-state index contributed by atoms with van der Waals surface area (Å²) in [5.74, 6) is 1.67. The maximum atomic E-state index is 15.4. The van der Waals surface area contributed by atoms with Crippen LogP contribution in [0.4, 0.5) is 4.39 Å². The number of alkyl halides is 1. The van der Waals surface area contributed by atoms with E-state index in [4.69, 9.17) is 0 Å². The summed E-state index contributed by atoms with van der Waals surface area (Å²) >= 11 is 0. The molecule has 174 valence electrons. The summed E-state index contributed by atoms with van der Waals surface area (Å²) in [5, 5.41) is 0.908. The average molecular weight is 450 g/mol. The molecule has 33 heavy (non-hydrogen) atoms. The Morgan fingerprint density at radius 1 is 1.12 bits per heavy atom. The third kappa shape index (κ3) is 4.56. The zero-order valence-electron chi connectivity index (χ0n) is 19.6. The Morgan fingerprint density at radius 2 is 1.94 bits per heavy atom. The van der Waals surface area contributed by atoms with Gasteiger partial charge >= 0.3 is 0 Å². The van der Waals surface area contributed by atoms with E-state index < -0.39 is 11.5 Å². The number of benzene rings is 1. The van der Waals surface area contributed by atoms with Crippen LogP contribution in [0.25, 0.3) is 22.2 Å². The van der Waals surface area contributed by atoms with E-state index in [2.05, 4.69) is 44.3 Å². The van der Waals surface area contributed by atoms with E-state index in [9.17, 15) is 4.79 Å². The van der Waals surface area contributed by atoms with Gasteiger partial charge in [-0.25, -0.2) is 19.3 Å². The van der Waals surface area contributed by atoms with Crippen molar-refractivity contribution in [3.05, 3.63) is 42.2 Å². The molecule has 2 aliphatic heterocycles. The van der Waals surface area contributed by atoms with Gasteiger partial charge in [0.05, 0.1) is 23.8 Å². The quantitative estimate of drug-likeness (QED) is 0.558. The first kappa shape index (κ1) is 22.1. The van der Waals surface area contributed by atoms with Gasteiger partial charge in [0.2, 0.25) is 0 Å². The molecule has 4 heterocycles. The van der Waals surface area contributed by atoms with Crippen molar-refractivity contribution in [2.45, 2.75) is 64.6 Å². The predicted molar refractivity (Wildman–Crippen MR) is 127 cm³/mol. The number of piperidine rings is 1. The third-order valence-electron chi connectivity index (χ3n) is 6.99. The number of nitrogens with zero attached hydrogens (tertiary/aromatic N) is 5. The highest BCUT2D eigenvalue weighted by Crippen LogP contribution is 2.30. The Bertz CT molecular complexity index is 1160. The molecular weight excluding hydrogens is 417 g/mol. The smallest absolute Gasteiger partial charge is 0.177 e. The van der Waals surface area contributed by atoms with Crippen LogP contribution in [0.5, 0.6) is 0 Å². The number of Topliss-reactive ketones (excluding diaryl/α,β-unsaturated/α-hetero) is 1. The number of aryl methyl sites for hydroxylation is 1. The number of fused-ring (bicyclic) bond motifs is 2. The number of imidazole rings is 1. The van der Waals surface area contributed by atoms with E-state index >= 15 is 4.39 Å². The third-order valence-corrected chi connectivity index (χ3v) is 6.99. The van der Waals surface area contributed by atoms with E-state index in [1.807, 2.05) is 18.3 Å². The standard InChI is InChI=1S/C26H32FN5O/c1-18(2)17-31-11-8-26(27,9-12-31)23(33)14-24-28-15-20-7-6-19(13-21(20)30-24)22-16-29-25-5-3-4-10-32(22)25/h6-7,13,15-16,18H,3-5,8-12,14,17H2,1-2H3. The lowest BCUT2D eigenvalue weighted by molar-refractivity contribution is -0.133. The van der Waals surface area contributed by atoms with Gasteiger partial charge in [0.25, 0.3) is 0 Å². The van der Waals surface area contributed by atoms with Crippen molar-refractivity contribution in [2.24, 2.45) is 5.92 Å². The van der Waals surface area contributed by atoms with Gasteiger partial charge in [-0.15, -0.1) is 0 Å². The van der Waals surface area contributed by atoms with Crippen LogP contribution >= 0.6 is 0 Å². The average Bonchev–Trinajstić information content (AvgIpc) is 3.24. The van der Waals surface area contributed by atoms with Gasteiger partial charge in [-0.05, 0) is 24.8 Å². The van der Waals surface area contributed by atoms with Gasteiger partial charge in [0.15, 0.2) is 11.5 Å². The predicted octanol–water partition coefficient (Wildman–Crippen LogP) is 4.40. The van der Waals surface area contributed by atoms with Crippen molar-refractivity contribution >= 4 is 16.7 Å². The minimum atomic E-state index is -1.77. The summed E-state index contributed by atoms with van der Waals surface area (Å²) in [4.78, 5) is 28.7. The molecule has 0 spiro atoms. The summed E-state index contributed by atoms with van der Waals surface area (Å²) in [6.07, 6.45) is 7.47. The molecule has 0 aliphatic carbocycles. The van der Waals surface area contributed by atoms with Crippen molar-refractivity contribution in [3.8, 4) is 11.3 Å². The van der Waals surface area contributed by atoms with Crippen LogP contribution in [0.3, 0.4) is 0 Å². The second-order valence-electron chi connectivity index (χ2n) is 9.99. The lowest BCUT2D eigenvalue weighted by Crippen LogP contribution is -2.47. The summed E-state index contributed by atoms with van der Waals surface area (Å²) in [5.41, 5.74) is 1.15. The fourth-order valence-electron chi connectivity index (χ4n) is 5.14. The van der Waals surface area contributed by atoms with Crippen molar-refractivity contribution in [3.63, 3.8) is 0 Å². The van der Waals surface area contributed by atoms with Crippen LogP contribution in [0, 0.1) is 5.92 Å². The molecule has 1 aromatic carbocycles. The second-order valence-corrected chi connectivity index (χ2v) is 9.99. The van der Waals surface area contributed by atoms with Crippen LogP contribution in [0.2, 0.25) is 0 Å². The zero-order chi connectivity index (χ0) is 23.0. The first-order valence-corrected chi connectivity index (χ1v) is 12.2. The maximum Gasteiger partial charge on any atom is 0.177 e. The van der Waals surface area contributed by atoms with Gasteiger partial charge in [-0.3, -0.25) is 4.79 Å². The van der Waals surface area contributed by atoms with E-state index in [1.54, 1.807) is 6.20 Å². The Labute approximate surface area is 194 Å². The summed E-state index contributed by atoms with van der Waals surface area (Å²) in [7, 11) is 0. The lowest BCUT2D eigenvalue weighted by Gasteiger charge is -2.36. The Balaban J connectivity index is 1.33. The van der Waals surface area contributed by atoms with Gasteiger partial charge < -0.3 is 9.47 Å². The van der Waals surface area contributed by atoms with Crippen LogP contribution in [-0.4, -0.2) is 55.5 Å². The van der Waals surface area contributed by atoms with Crippen LogP contribution < -0.4 is 0 Å². The highest BCUT2D eigenvalue weighted by molar-refractivity contribution is 5.89. The number of halogens is 1. The molecule has 2 aliphatic rings. The second kappa shape index (κ2) is 8.93. The molecule has 0 saturated carbocycles. The van der Waals surface area contributed by atoms with E-state index in [1.165, 1.54) is 12.8 Å². The van der Waals surface area contributed by atoms with Gasteiger partial charge in [-0.2, -0.15) is 0 Å². The molecule has 0 atom stereocenters. The van der Waals surface area contributed by atoms with Gasteiger partial charge in [0, 0.05) is 62.6 Å². The summed E-state index contributed by atoms with van der Waals surface area (Å²) < 4.78 is 17.7. The molecule has 0 N–H and O–H groups in total. The first-order chi connectivity index (χ1) is 15.9. The Kier molecular flexibility index (Phi) is 5.99. The molecule has 5 rings (SSSR count). The van der Waals surface area contributed by atoms with Crippen molar-refractivity contribution in [2.75, 3.05) is 19.6 Å². The molecule has 1 fully saturated rings. The molecule has 0 bridgehead atoms. The molecule has 6 nitrogen and oxygen atoms in total. The zero-order valence-corrected chi connectivity index (χ0v) is 19.6. The molecular formula is C26H32FN5O. The lowest BCUT2D eigenvalue weighted by atomic mass is 9.87. The fraction of sp³-hybridized carbons (Fsp3) is 0.538. The first-order valence-electron chi connectivity index (χ1n) is 12.2. The molecule has 0 unspecified atom stereocenters. The highest BCUT2D eigenvalue weighted by Gasteiger charge is 2.41. The number of carbonyl (C=O) groups is 1. The number of hydrogen-bond acceptors (Lipinski definition) is 5. The van der Waals surface area contributed by atoms with Crippen LogP contribution in [0.1, 0.15) is 51.2 Å². The normalized spacial score (nSPS) is 18.5. The molecule has 1 saturated heterocycles. The van der Waals surface area contributed by atoms with Crippen LogP contribution in [-0.2, 0) is 24.2 Å². The van der Waals surface area contributed by atoms with E-state index in [0.29, 0.717) is 24.8 Å². The maximum absolute atomic E-state index is 15.4.